The second-order valence-electron chi connectivity index (χ2n) is 3.33. The molecular weight excluding hydrogens is 326 g/mol. The first-order valence-corrected chi connectivity index (χ1v) is 7.68. The SMILES string of the molecule is C/C=C/CCNS(=O)(=O)c1ccc(Cl)c(Br)c1. The van der Waals surface area contributed by atoms with Gasteiger partial charge < -0.3 is 0 Å². The fraction of sp³-hybridized carbons (Fsp3) is 0.273. The van der Waals surface area contributed by atoms with Crippen LogP contribution in [-0.2, 0) is 10.0 Å². The van der Waals surface area contributed by atoms with Gasteiger partial charge in [0, 0.05) is 11.0 Å². The lowest BCUT2D eigenvalue weighted by molar-refractivity contribution is 0.582. The first kappa shape index (κ1) is 14.7. The van der Waals surface area contributed by atoms with Gasteiger partial charge in [0.05, 0.1) is 9.92 Å². The lowest BCUT2D eigenvalue weighted by Gasteiger charge is -2.06. The molecule has 0 amide bonds. The standard InChI is InChI=1S/C11H13BrClNO2S/c1-2-3-4-7-14-17(15,16)9-5-6-11(13)10(12)8-9/h2-3,5-6,8,14H,4,7H2,1H3/b3-2+. The summed E-state index contributed by atoms with van der Waals surface area (Å²) in [7, 11) is -3.45. The second kappa shape index (κ2) is 6.54. The Morgan fingerprint density at radius 1 is 1.47 bits per heavy atom. The van der Waals surface area contributed by atoms with Gasteiger partial charge in [-0.2, -0.15) is 0 Å². The number of halogens is 2. The van der Waals surface area contributed by atoms with Crippen LogP contribution in [0.25, 0.3) is 0 Å². The summed E-state index contributed by atoms with van der Waals surface area (Å²) in [4.78, 5) is 0.203. The minimum absolute atomic E-state index is 0.203. The Morgan fingerprint density at radius 3 is 2.76 bits per heavy atom. The Morgan fingerprint density at radius 2 is 2.18 bits per heavy atom. The Hall–Kier alpha value is -0.360. The maximum absolute atomic E-state index is 11.9. The molecule has 0 heterocycles. The number of hydrogen-bond donors (Lipinski definition) is 1. The van der Waals surface area contributed by atoms with Crippen molar-refractivity contribution in [2.45, 2.75) is 18.2 Å². The van der Waals surface area contributed by atoms with Gasteiger partial charge in [-0.25, -0.2) is 13.1 Å². The van der Waals surface area contributed by atoms with Gasteiger partial charge in [0.15, 0.2) is 0 Å². The summed E-state index contributed by atoms with van der Waals surface area (Å²) in [6, 6.07) is 4.51. The van der Waals surface area contributed by atoms with Crippen molar-refractivity contribution in [1.29, 1.82) is 0 Å². The van der Waals surface area contributed by atoms with E-state index >= 15 is 0 Å². The van der Waals surface area contributed by atoms with Crippen molar-refractivity contribution in [1.82, 2.24) is 4.72 Å². The molecule has 0 bridgehead atoms. The molecule has 0 saturated carbocycles. The molecule has 6 heteroatoms. The molecule has 94 valence electrons. The largest absolute Gasteiger partial charge is 0.240 e. The fourth-order valence-corrected chi connectivity index (χ4v) is 2.89. The smallest absolute Gasteiger partial charge is 0.211 e. The molecule has 0 aliphatic carbocycles. The molecule has 1 aromatic carbocycles. The van der Waals surface area contributed by atoms with Gasteiger partial charge in [0.2, 0.25) is 10.0 Å². The van der Waals surface area contributed by atoms with Crippen LogP contribution in [0.3, 0.4) is 0 Å². The summed E-state index contributed by atoms with van der Waals surface area (Å²) in [5, 5.41) is 0.484. The predicted molar refractivity (Wildman–Crippen MR) is 73.8 cm³/mol. The van der Waals surface area contributed by atoms with E-state index in [1.165, 1.54) is 12.1 Å². The lowest BCUT2D eigenvalue weighted by Crippen LogP contribution is -2.24. The second-order valence-corrected chi connectivity index (χ2v) is 6.36. The number of sulfonamides is 1. The van der Waals surface area contributed by atoms with Crippen LogP contribution in [0.15, 0.2) is 39.7 Å². The van der Waals surface area contributed by atoms with Gasteiger partial charge in [-0.3, -0.25) is 0 Å². The number of hydrogen-bond acceptors (Lipinski definition) is 2. The van der Waals surface area contributed by atoms with Crippen molar-refractivity contribution < 1.29 is 8.42 Å². The Labute approximate surface area is 115 Å². The zero-order chi connectivity index (χ0) is 12.9. The normalized spacial score (nSPS) is 12.2. The highest BCUT2D eigenvalue weighted by Gasteiger charge is 2.14. The molecule has 1 aromatic rings. The molecule has 1 N–H and O–H groups in total. The molecule has 3 nitrogen and oxygen atoms in total. The van der Waals surface area contributed by atoms with Gasteiger partial charge in [-0.1, -0.05) is 23.8 Å². The van der Waals surface area contributed by atoms with Crippen molar-refractivity contribution in [3.8, 4) is 0 Å². The average Bonchev–Trinajstić information content (AvgIpc) is 2.28. The number of benzene rings is 1. The van der Waals surface area contributed by atoms with Crippen LogP contribution in [0, 0.1) is 0 Å². The number of rotatable bonds is 5. The Balaban J connectivity index is 2.79. The maximum atomic E-state index is 11.9. The van der Waals surface area contributed by atoms with E-state index in [2.05, 4.69) is 20.7 Å². The molecule has 1 rings (SSSR count). The zero-order valence-electron chi connectivity index (χ0n) is 9.28. The van der Waals surface area contributed by atoms with Crippen LogP contribution in [0.4, 0.5) is 0 Å². The molecule has 0 atom stereocenters. The molecule has 0 unspecified atom stereocenters. The summed E-state index contributed by atoms with van der Waals surface area (Å²) >= 11 is 9.00. The average molecular weight is 339 g/mol. The van der Waals surface area contributed by atoms with Crippen LogP contribution < -0.4 is 4.72 Å². The Kier molecular flexibility index (Phi) is 5.66. The fourth-order valence-electron chi connectivity index (χ4n) is 1.17. The van der Waals surface area contributed by atoms with Gasteiger partial charge in [0.25, 0.3) is 0 Å². The van der Waals surface area contributed by atoms with Crippen molar-refractivity contribution >= 4 is 37.6 Å². The third-order valence-corrected chi connectivity index (χ3v) is 4.71. The minimum atomic E-state index is -3.45. The Bertz CT molecular complexity index is 514. The van der Waals surface area contributed by atoms with E-state index in [0.29, 0.717) is 22.5 Å². The van der Waals surface area contributed by atoms with E-state index in [9.17, 15) is 8.42 Å². The molecule has 17 heavy (non-hydrogen) atoms. The van der Waals surface area contributed by atoms with Crippen molar-refractivity contribution in [3.05, 3.63) is 39.8 Å². The van der Waals surface area contributed by atoms with E-state index in [0.717, 1.165) is 0 Å². The molecule has 0 saturated heterocycles. The highest BCUT2D eigenvalue weighted by Crippen LogP contribution is 2.25. The molecule has 0 radical (unpaired) electrons. The van der Waals surface area contributed by atoms with E-state index in [1.807, 2.05) is 19.1 Å². The number of allylic oxidation sites excluding steroid dienone is 1. The molecule has 0 aliphatic heterocycles. The van der Waals surface area contributed by atoms with E-state index in [1.54, 1.807) is 6.07 Å². The summed E-state index contributed by atoms with van der Waals surface area (Å²) in [6.07, 6.45) is 4.46. The van der Waals surface area contributed by atoms with E-state index in [-0.39, 0.29) is 4.90 Å². The monoisotopic (exact) mass is 337 g/mol. The number of nitrogens with one attached hydrogen (secondary N) is 1. The van der Waals surface area contributed by atoms with Crippen LogP contribution in [-0.4, -0.2) is 15.0 Å². The van der Waals surface area contributed by atoms with Crippen LogP contribution >= 0.6 is 27.5 Å². The molecule has 0 aromatic heterocycles. The summed E-state index contributed by atoms with van der Waals surface area (Å²) in [6.45, 7) is 2.28. The first-order valence-electron chi connectivity index (χ1n) is 5.03. The van der Waals surface area contributed by atoms with Crippen molar-refractivity contribution in [2.75, 3.05) is 6.54 Å². The topological polar surface area (TPSA) is 46.2 Å². The minimum Gasteiger partial charge on any atom is -0.211 e. The third-order valence-electron chi connectivity index (χ3n) is 2.04. The molecule has 0 aliphatic rings. The van der Waals surface area contributed by atoms with Gasteiger partial charge >= 0.3 is 0 Å². The highest BCUT2D eigenvalue weighted by molar-refractivity contribution is 9.10. The lowest BCUT2D eigenvalue weighted by atomic mass is 10.4. The summed E-state index contributed by atoms with van der Waals surface area (Å²) in [5.41, 5.74) is 0. The van der Waals surface area contributed by atoms with Gasteiger partial charge in [-0.05, 0) is 47.5 Å². The van der Waals surface area contributed by atoms with Crippen LogP contribution in [0.5, 0.6) is 0 Å². The molecular formula is C11H13BrClNO2S. The summed E-state index contributed by atoms with van der Waals surface area (Å²) in [5.74, 6) is 0. The van der Waals surface area contributed by atoms with Crippen LogP contribution in [0.1, 0.15) is 13.3 Å². The zero-order valence-corrected chi connectivity index (χ0v) is 12.4. The van der Waals surface area contributed by atoms with Crippen molar-refractivity contribution in [3.63, 3.8) is 0 Å². The van der Waals surface area contributed by atoms with Crippen LogP contribution in [0.2, 0.25) is 5.02 Å². The van der Waals surface area contributed by atoms with E-state index < -0.39 is 10.0 Å². The van der Waals surface area contributed by atoms with Gasteiger partial charge in [-0.15, -0.1) is 0 Å². The molecule has 0 fully saturated rings. The first-order chi connectivity index (χ1) is 7.97. The highest BCUT2D eigenvalue weighted by atomic mass is 79.9. The van der Waals surface area contributed by atoms with Gasteiger partial charge in [0.1, 0.15) is 0 Å². The maximum Gasteiger partial charge on any atom is 0.240 e. The quantitative estimate of drug-likeness (QED) is 0.661. The van der Waals surface area contributed by atoms with Crippen molar-refractivity contribution in [2.24, 2.45) is 0 Å². The third kappa shape index (κ3) is 4.43. The summed E-state index contributed by atoms with van der Waals surface area (Å²) < 4.78 is 26.8. The predicted octanol–water partition coefficient (Wildman–Crippen LogP) is 3.35. The van der Waals surface area contributed by atoms with E-state index in [4.69, 9.17) is 11.6 Å². The molecule has 0 spiro atoms.